The number of hydrogen-bond acceptors (Lipinski definition) is 3. The van der Waals surface area contributed by atoms with E-state index in [0.29, 0.717) is 18.7 Å². The maximum absolute atomic E-state index is 13.4. The van der Waals surface area contributed by atoms with Gasteiger partial charge in [-0.3, -0.25) is 0 Å². The fourth-order valence-corrected chi connectivity index (χ4v) is 3.11. The second kappa shape index (κ2) is 5.01. The summed E-state index contributed by atoms with van der Waals surface area (Å²) in [7, 11) is 0. The Morgan fingerprint density at radius 2 is 1.75 bits per heavy atom. The van der Waals surface area contributed by atoms with Crippen molar-refractivity contribution in [1.82, 2.24) is 0 Å². The van der Waals surface area contributed by atoms with Gasteiger partial charge in [-0.05, 0) is 52.8 Å². The normalized spacial score (nSPS) is 22.6. The lowest BCUT2D eigenvalue weighted by Gasteiger charge is -2.48. The van der Waals surface area contributed by atoms with Gasteiger partial charge >= 0.3 is 0 Å². The van der Waals surface area contributed by atoms with Crippen LogP contribution in [0.1, 0.15) is 46.3 Å². The van der Waals surface area contributed by atoms with Crippen molar-refractivity contribution in [2.24, 2.45) is 0 Å². The van der Waals surface area contributed by atoms with Crippen molar-refractivity contribution < 1.29 is 14.2 Å². The number of anilines is 1. The number of aliphatic hydroxyl groups excluding tert-OH is 1. The standard InChI is InChI=1S/C16H24FNO2/c1-11(19)13-8-12(17)6-7-14(13)18-9-15(2,3)20-16(4,5)10-18/h6-8,11,19H,9-10H2,1-5H3. The van der Waals surface area contributed by atoms with Gasteiger partial charge in [-0.2, -0.15) is 0 Å². The minimum Gasteiger partial charge on any atom is -0.389 e. The first-order chi connectivity index (χ1) is 9.10. The predicted octanol–water partition coefficient (Wildman–Crippen LogP) is 3.27. The van der Waals surface area contributed by atoms with Crippen molar-refractivity contribution in [3.8, 4) is 0 Å². The zero-order chi connectivity index (χ0) is 15.1. The summed E-state index contributed by atoms with van der Waals surface area (Å²) >= 11 is 0. The van der Waals surface area contributed by atoms with E-state index in [0.717, 1.165) is 5.69 Å². The Hall–Kier alpha value is -1.13. The van der Waals surface area contributed by atoms with E-state index < -0.39 is 6.10 Å². The van der Waals surface area contributed by atoms with E-state index in [4.69, 9.17) is 4.74 Å². The molecule has 3 nitrogen and oxygen atoms in total. The van der Waals surface area contributed by atoms with E-state index in [1.165, 1.54) is 12.1 Å². The lowest BCUT2D eigenvalue weighted by Crippen LogP contribution is -2.57. The summed E-state index contributed by atoms with van der Waals surface area (Å²) in [5, 5.41) is 9.90. The van der Waals surface area contributed by atoms with E-state index in [-0.39, 0.29) is 17.0 Å². The largest absolute Gasteiger partial charge is 0.389 e. The van der Waals surface area contributed by atoms with Crippen molar-refractivity contribution >= 4 is 5.69 Å². The minimum absolute atomic E-state index is 0.286. The summed E-state index contributed by atoms with van der Waals surface area (Å²) in [4.78, 5) is 2.17. The lowest BCUT2D eigenvalue weighted by atomic mass is 9.96. The van der Waals surface area contributed by atoms with Crippen molar-refractivity contribution in [2.75, 3.05) is 18.0 Å². The summed E-state index contributed by atoms with van der Waals surface area (Å²) in [5.74, 6) is -0.323. The highest BCUT2D eigenvalue weighted by molar-refractivity contribution is 5.55. The van der Waals surface area contributed by atoms with Gasteiger partial charge in [-0.15, -0.1) is 0 Å². The number of benzene rings is 1. The molecular weight excluding hydrogens is 257 g/mol. The zero-order valence-electron chi connectivity index (χ0n) is 12.9. The maximum Gasteiger partial charge on any atom is 0.123 e. The van der Waals surface area contributed by atoms with Gasteiger partial charge in [0.05, 0.1) is 17.3 Å². The third-order valence-corrected chi connectivity index (χ3v) is 3.48. The van der Waals surface area contributed by atoms with E-state index in [1.807, 2.05) is 27.7 Å². The van der Waals surface area contributed by atoms with Gasteiger partial charge in [0.15, 0.2) is 0 Å². The third kappa shape index (κ3) is 3.30. The van der Waals surface area contributed by atoms with Crippen LogP contribution in [0.2, 0.25) is 0 Å². The first-order valence-electron chi connectivity index (χ1n) is 7.02. The highest BCUT2D eigenvalue weighted by atomic mass is 19.1. The van der Waals surface area contributed by atoms with Crippen LogP contribution in [-0.4, -0.2) is 29.4 Å². The molecule has 1 saturated heterocycles. The first-order valence-corrected chi connectivity index (χ1v) is 7.02. The summed E-state index contributed by atoms with van der Waals surface area (Å²) < 4.78 is 19.5. The summed E-state index contributed by atoms with van der Waals surface area (Å²) in [6.45, 7) is 11.3. The topological polar surface area (TPSA) is 32.7 Å². The quantitative estimate of drug-likeness (QED) is 0.903. The second-order valence-corrected chi connectivity index (χ2v) is 6.86. The number of hydrogen-bond donors (Lipinski definition) is 1. The molecule has 0 aliphatic carbocycles. The number of rotatable bonds is 2. The molecule has 1 heterocycles. The van der Waals surface area contributed by atoms with Crippen molar-refractivity contribution in [3.63, 3.8) is 0 Å². The number of morpholine rings is 1. The monoisotopic (exact) mass is 281 g/mol. The van der Waals surface area contributed by atoms with Crippen LogP contribution in [-0.2, 0) is 4.74 Å². The number of aliphatic hydroxyl groups is 1. The molecular formula is C16H24FNO2. The second-order valence-electron chi connectivity index (χ2n) is 6.86. The molecule has 1 fully saturated rings. The Kier molecular flexibility index (Phi) is 3.82. The zero-order valence-corrected chi connectivity index (χ0v) is 12.9. The Bertz CT molecular complexity index is 481. The number of halogens is 1. The van der Waals surface area contributed by atoms with Crippen molar-refractivity contribution in [1.29, 1.82) is 0 Å². The van der Waals surface area contributed by atoms with Gasteiger partial charge in [0.1, 0.15) is 5.82 Å². The third-order valence-electron chi connectivity index (χ3n) is 3.48. The minimum atomic E-state index is -0.699. The summed E-state index contributed by atoms with van der Waals surface area (Å²) in [6.07, 6.45) is -0.699. The molecule has 0 spiro atoms. The fraction of sp³-hybridized carbons (Fsp3) is 0.625. The highest BCUT2D eigenvalue weighted by Crippen LogP contribution is 2.35. The molecule has 1 aromatic carbocycles. The van der Waals surface area contributed by atoms with Gasteiger partial charge in [-0.1, -0.05) is 0 Å². The molecule has 1 N–H and O–H groups in total. The SMILES string of the molecule is CC(O)c1cc(F)ccc1N1CC(C)(C)OC(C)(C)C1. The first kappa shape index (κ1) is 15.3. The van der Waals surface area contributed by atoms with Crippen LogP contribution in [0, 0.1) is 5.82 Å². The fourth-order valence-electron chi connectivity index (χ4n) is 3.11. The van der Waals surface area contributed by atoms with E-state index in [1.54, 1.807) is 13.0 Å². The molecule has 20 heavy (non-hydrogen) atoms. The van der Waals surface area contributed by atoms with Crippen LogP contribution >= 0.6 is 0 Å². The van der Waals surface area contributed by atoms with Gasteiger partial charge in [0.25, 0.3) is 0 Å². The molecule has 0 radical (unpaired) electrons. The van der Waals surface area contributed by atoms with E-state index >= 15 is 0 Å². The summed E-state index contributed by atoms with van der Waals surface area (Å²) in [6, 6.07) is 4.60. The van der Waals surface area contributed by atoms with Gasteiger partial charge in [0, 0.05) is 24.3 Å². The predicted molar refractivity (Wildman–Crippen MR) is 78.5 cm³/mol. The van der Waals surface area contributed by atoms with Crippen LogP contribution in [0.25, 0.3) is 0 Å². The van der Waals surface area contributed by atoms with Crippen LogP contribution < -0.4 is 4.90 Å². The molecule has 1 aliphatic heterocycles. The Balaban J connectivity index is 2.40. The maximum atomic E-state index is 13.4. The lowest BCUT2D eigenvalue weighted by molar-refractivity contribution is -0.133. The Labute approximate surface area is 120 Å². The van der Waals surface area contributed by atoms with Crippen LogP contribution in [0.5, 0.6) is 0 Å². The molecule has 0 aromatic heterocycles. The molecule has 1 aromatic rings. The Morgan fingerprint density at radius 1 is 1.20 bits per heavy atom. The van der Waals surface area contributed by atoms with E-state index in [9.17, 15) is 9.50 Å². The van der Waals surface area contributed by atoms with Crippen LogP contribution in [0.4, 0.5) is 10.1 Å². The molecule has 112 valence electrons. The number of ether oxygens (including phenoxy) is 1. The molecule has 1 atom stereocenters. The molecule has 0 amide bonds. The average Bonchev–Trinajstić information content (AvgIpc) is 2.24. The molecule has 4 heteroatoms. The smallest absolute Gasteiger partial charge is 0.123 e. The van der Waals surface area contributed by atoms with Crippen LogP contribution in [0.3, 0.4) is 0 Å². The highest BCUT2D eigenvalue weighted by Gasteiger charge is 2.38. The van der Waals surface area contributed by atoms with Gasteiger partial charge in [0.2, 0.25) is 0 Å². The van der Waals surface area contributed by atoms with E-state index in [2.05, 4.69) is 4.90 Å². The number of nitrogens with zero attached hydrogens (tertiary/aromatic N) is 1. The molecule has 0 saturated carbocycles. The van der Waals surface area contributed by atoms with Gasteiger partial charge < -0.3 is 14.7 Å². The molecule has 2 rings (SSSR count). The Morgan fingerprint density at radius 3 is 2.25 bits per heavy atom. The average molecular weight is 281 g/mol. The van der Waals surface area contributed by atoms with Crippen molar-refractivity contribution in [3.05, 3.63) is 29.6 Å². The molecule has 1 unspecified atom stereocenters. The molecule has 0 bridgehead atoms. The van der Waals surface area contributed by atoms with Gasteiger partial charge in [-0.25, -0.2) is 4.39 Å². The van der Waals surface area contributed by atoms with Crippen LogP contribution in [0.15, 0.2) is 18.2 Å². The van der Waals surface area contributed by atoms with Crippen molar-refractivity contribution in [2.45, 2.75) is 51.9 Å². The summed E-state index contributed by atoms with van der Waals surface area (Å²) in [5.41, 5.74) is 0.933. The molecule has 1 aliphatic rings.